The predicted octanol–water partition coefficient (Wildman–Crippen LogP) is 5.25. The van der Waals surface area contributed by atoms with E-state index in [-0.39, 0.29) is 0 Å². The Hall–Kier alpha value is -2.14. The van der Waals surface area contributed by atoms with E-state index in [1.54, 1.807) is 6.20 Å². The second-order valence-electron chi connectivity index (χ2n) is 6.95. The SMILES string of the molecule is O=Cc1cn(CC2CCC(Oc3ccccc3)CC2)c2cc(Br)cnc12. The molecule has 1 aliphatic rings. The van der Waals surface area contributed by atoms with Gasteiger partial charge in [-0.3, -0.25) is 9.78 Å². The minimum atomic E-state index is 0.302. The highest BCUT2D eigenvalue weighted by Crippen LogP contribution is 2.30. The molecule has 5 heteroatoms. The number of fused-ring (bicyclic) bond motifs is 1. The van der Waals surface area contributed by atoms with E-state index >= 15 is 0 Å². The van der Waals surface area contributed by atoms with E-state index in [1.807, 2.05) is 42.6 Å². The highest BCUT2D eigenvalue weighted by atomic mass is 79.9. The van der Waals surface area contributed by atoms with Crippen LogP contribution in [0.5, 0.6) is 5.75 Å². The number of rotatable bonds is 5. The molecule has 0 atom stereocenters. The van der Waals surface area contributed by atoms with E-state index in [9.17, 15) is 4.79 Å². The van der Waals surface area contributed by atoms with E-state index < -0.39 is 0 Å². The third-order valence-electron chi connectivity index (χ3n) is 5.13. The second-order valence-corrected chi connectivity index (χ2v) is 7.87. The van der Waals surface area contributed by atoms with Crippen molar-refractivity contribution < 1.29 is 9.53 Å². The van der Waals surface area contributed by atoms with Crippen LogP contribution in [0.15, 0.2) is 53.3 Å². The maximum Gasteiger partial charge on any atom is 0.153 e. The lowest BCUT2D eigenvalue weighted by molar-refractivity contribution is 0.112. The molecule has 0 saturated heterocycles. The van der Waals surface area contributed by atoms with Gasteiger partial charge in [0, 0.05) is 23.4 Å². The molecule has 26 heavy (non-hydrogen) atoms. The van der Waals surface area contributed by atoms with E-state index in [0.717, 1.165) is 59.8 Å². The van der Waals surface area contributed by atoms with Gasteiger partial charge in [-0.1, -0.05) is 18.2 Å². The zero-order valence-electron chi connectivity index (χ0n) is 14.5. The second kappa shape index (κ2) is 7.62. The van der Waals surface area contributed by atoms with Crippen molar-refractivity contribution in [2.75, 3.05) is 0 Å². The number of ether oxygens (including phenoxy) is 1. The fourth-order valence-electron chi connectivity index (χ4n) is 3.81. The standard InChI is InChI=1S/C21H21BrN2O2/c22-17-10-20-21(23-11-17)16(14-25)13-24(20)12-15-6-8-19(9-7-15)26-18-4-2-1-3-5-18/h1-5,10-11,13-15,19H,6-9,12H2. The van der Waals surface area contributed by atoms with Crippen LogP contribution in [0.3, 0.4) is 0 Å². The molecular weight excluding hydrogens is 392 g/mol. The molecule has 0 aliphatic heterocycles. The summed E-state index contributed by atoms with van der Waals surface area (Å²) in [6.45, 7) is 0.917. The predicted molar refractivity (Wildman–Crippen MR) is 106 cm³/mol. The van der Waals surface area contributed by atoms with Crippen molar-refractivity contribution in [2.45, 2.75) is 38.3 Å². The smallest absolute Gasteiger partial charge is 0.153 e. The average Bonchev–Trinajstić information content (AvgIpc) is 3.01. The summed E-state index contributed by atoms with van der Waals surface area (Å²) in [5.41, 5.74) is 2.46. The third kappa shape index (κ3) is 3.68. The molecule has 134 valence electrons. The topological polar surface area (TPSA) is 44.1 Å². The monoisotopic (exact) mass is 412 g/mol. The van der Waals surface area contributed by atoms with Crippen LogP contribution < -0.4 is 4.74 Å². The summed E-state index contributed by atoms with van der Waals surface area (Å²) in [6, 6.07) is 12.1. The zero-order chi connectivity index (χ0) is 17.9. The molecule has 1 aromatic carbocycles. The molecule has 3 aromatic rings. The van der Waals surface area contributed by atoms with Crippen molar-refractivity contribution in [2.24, 2.45) is 5.92 Å². The molecule has 0 bridgehead atoms. The van der Waals surface area contributed by atoms with Crippen molar-refractivity contribution in [3.05, 3.63) is 58.8 Å². The molecule has 0 spiro atoms. The molecule has 1 fully saturated rings. The van der Waals surface area contributed by atoms with Gasteiger partial charge in [-0.15, -0.1) is 0 Å². The number of carbonyl (C=O) groups excluding carboxylic acids is 1. The summed E-state index contributed by atoms with van der Waals surface area (Å²) in [5.74, 6) is 1.55. The fraction of sp³-hybridized carbons (Fsp3) is 0.333. The van der Waals surface area contributed by atoms with Crippen molar-refractivity contribution in [3.8, 4) is 5.75 Å². The van der Waals surface area contributed by atoms with Crippen molar-refractivity contribution in [3.63, 3.8) is 0 Å². The normalized spacial score (nSPS) is 20.2. The van der Waals surface area contributed by atoms with Crippen molar-refractivity contribution >= 4 is 33.2 Å². The van der Waals surface area contributed by atoms with E-state index in [2.05, 4.69) is 25.5 Å². The highest BCUT2D eigenvalue weighted by molar-refractivity contribution is 9.10. The summed E-state index contributed by atoms with van der Waals surface area (Å²) in [5, 5.41) is 0. The highest BCUT2D eigenvalue weighted by Gasteiger charge is 2.23. The van der Waals surface area contributed by atoms with Crippen molar-refractivity contribution in [1.82, 2.24) is 9.55 Å². The number of nitrogens with zero attached hydrogens (tertiary/aromatic N) is 2. The maximum absolute atomic E-state index is 11.3. The first-order valence-electron chi connectivity index (χ1n) is 9.04. The van der Waals surface area contributed by atoms with E-state index in [4.69, 9.17) is 4.74 Å². The Kier molecular flexibility index (Phi) is 5.07. The lowest BCUT2D eigenvalue weighted by atomic mass is 9.87. The molecule has 4 nitrogen and oxygen atoms in total. The van der Waals surface area contributed by atoms with Gasteiger partial charge in [0.25, 0.3) is 0 Å². The van der Waals surface area contributed by atoms with Gasteiger partial charge in [-0.2, -0.15) is 0 Å². The van der Waals surface area contributed by atoms with Crippen LogP contribution in [0.1, 0.15) is 36.0 Å². The minimum Gasteiger partial charge on any atom is -0.490 e. The number of benzene rings is 1. The first-order valence-corrected chi connectivity index (χ1v) is 9.83. The number of pyridine rings is 1. The van der Waals surface area contributed by atoms with Gasteiger partial charge in [0.1, 0.15) is 5.75 Å². The summed E-state index contributed by atoms with van der Waals surface area (Å²) in [7, 11) is 0. The molecule has 0 radical (unpaired) electrons. The Labute approximate surface area is 161 Å². The van der Waals surface area contributed by atoms with E-state index in [1.165, 1.54) is 0 Å². The number of carbonyl (C=O) groups is 1. The number of aldehydes is 1. The van der Waals surface area contributed by atoms with E-state index in [0.29, 0.717) is 17.6 Å². The summed E-state index contributed by atoms with van der Waals surface area (Å²) in [6.07, 6.45) is 9.28. The molecule has 0 amide bonds. The van der Waals surface area contributed by atoms with Gasteiger partial charge < -0.3 is 9.30 Å². The Balaban J connectivity index is 1.42. The van der Waals surface area contributed by atoms with Crippen LogP contribution in [-0.2, 0) is 6.54 Å². The van der Waals surface area contributed by atoms with Gasteiger partial charge >= 0.3 is 0 Å². The van der Waals surface area contributed by atoms with Gasteiger partial charge in [-0.05, 0) is 65.7 Å². The van der Waals surface area contributed by atoms with Crippen LogP contribution in [0.25, 0.3) is 11.0 Å². The van der Waals surface area contributed by atoms with Gasteiger partial charge in [0.15, 0.2) is 6.29 Å². The number of hydrogen-bond acceptors (Lipinski definition) is 3. The summed E-state index contributed by atoms with van der Waals surface area (Å²) in [4.78, 5) is 15.8. The first-order chi connectivity index (χ1) is 12.7. The van der Waals surface area contributed by atoms with Crippen LogP contribution in [0, 0.1) is 5.92 Å². The number of halogens is 1. The van der Waals surface area contributed by atoms with Crippen LogP contribution in [0.4, 0.5) is 0 Å². The largest absolute Gasteiger partial charge is 0.490 e. The Morgan fingerprint density at radius 3 is 2.69 bits per heavy atom. The lowest BCUT2D eigenvalue weighted by Gasteiger charge is -2.29. The van der Waals surface area contributed by atoms with Crippen LogP contribution in [-0.4, -0.2) is 21.9 Å². The fourth-order valence-corrected chi connectivity index (χ4v) is 4.13. The maximum atomic E-state index is 11.3. The van der Waals surface area contributed by atoms with Gasteiger partial charge in [-0.25, -0.2) is 0 Å². The molecule has 2 aromatic heterocycles. The van der Waals surface area contributed by atoms with Crippen LogP contribution in [0.2, 0.25) is 0 Å². The number of hydrogen-bond donors (Lipinski definition) is 0. The molecule has 1 aliphatic carbocycles. The number of para-hydroxylation sites is 1. The summed E-state index contributed by atoms with van der Waals surface area (Å²) < 4.78 is 9.20. The van der Waals surface area contributed by atoms with Crippen LogP contribution >= 0.6 is 15.9 Å². The summed E-state index contributed by atoms with van der Waals surface area (Å²) >= 11 is 3.48. The molecule has 4 rings (SSSR count). The molecule has 2 heterocycles. The van der Waals surface area contributed by atoms with Crippen molar-refractivity contribution in [1.29, 1.82) is 0 Å². The average molecular weight is 413 g/mol. The minimum absolute atomic E-state index is 0.302. The Bertz CT molecular complexity index is 899. The third-order valence-corrected chi connectivity index (χ3v) is 5.57. The molecular formula is C21H21BrN2O2. The Morgan fingerprint density at radius 2 is 1.96 bits per heavy atom. The molecule has 0 unspecified atom stereocenters. The molecule has 0 N–H and O–H groups in total. The first kappa shape index (κ1) is 17.3. The Morgan fingerprint density at radius 1 is 1.19 bits per heavy atom. The lowest BCUT2D eigenvalue weighted by Crippen LogP contribution is -2.26. The van der Waals surface area contributed by atoms with Gasteiger partial charge in [0.2, 0.25) is 0 Å². The zero-order valence-corrected chi connectivity index (χ0v) is 16.1. The van der Waals surface area contributed by atoms with Gasteiger partial charge in [0.05, 0.1) is 22.7 Å². The quantitative estimate of drug-likeness (QED) is 0.537. The molecule has 1 saturated carbocycles. The number of aromatic nitrogens is 2.